The molecule has 2 rings (SSSR count). The van der Waals surface area contributed by atoms with Gasteiger partial charge in [0, 0.05) is 26.8 Å². The lowest BCUT2D eigenvalue weighted by Gasteiger charge is -2.22. The summed E-state index contributed by atoms with van der Waals surface area (Å²) in [6, 6.07) is 0. The Labute approximate surface area is 109 Å². The third-order valence-corrected chi connectivity index (χ3v) is 3.55. The van der Waals surface area contributed by atoms with E-state index in [1.54, 1.807) is 0 Å². The van der Waals surface area contributed by atoms with Gasteiger partial charge in [0.25, 0.3) is 0 Å². The normalized spacial score (nSPS) is 17.0. The van der Waals surface area contributed by atoms with Crippen molar-refractivity contribution in [2.24, 2.45) is 13.0 Å². The van der Waals surface area contributed by atoms with E-state index in [-0.39, 0.29) is 0 Å². The maximum Gasteiger partial charge on any atom is 0.147 e. The molecule has 0 bridgehead atoms. The van der Waals surface area contributed by atoms with Gasteiger partial charge in [0.15, 0.2) is 0 Å². The summed E-state index contributed by atoms with van der Waals surface area (Å²) in [7, 11) is 1.95. The van der Waals surface area contributed by atoms with Gasteiger partial charge < -0.3 is 15.8 Å². The second-order valence-corrected chi connectivity index (χ2v) is 5.02. The van der Waals surface area contributed by atoms with Crippen LogP contribution in [0.1, 0.15) is 31.9 Å². The van der Waals surface area contributed by atoms with Crippen LogP contribution >= 0.6 is 0 Å². The van der Waals surface area contributed by atoms with E-state index < -0.39 is 0 Å². The van der Waals surface area contributed by atoms with Crippen molar-refractivity contribution in [2.45, 2.75) is 32.6 Å². The zero-order valence-electron chi connectivity index (χ0n) is 11.4. The second kappa shape index (κ2) is 6.09. The molecule has 0 unspecified atom stereocenters. The van der Waals surface area contributed by atoms with Crippen molar-refractivity contribution >= 4 is 11.5 Å². The third kappa shape index (κ3) is 2.96. The molecule has 18 heavy (non-hydrogen) atoms. The fraction of sp³-hybridized carbons (Fsp3) is 0.769. The molecule has 1 aliphatic rings. The average molecular weight is 252 g/mol. The Morgan fingerprint density at radius 3 is 2.83 bits per heavy atom. The Kier molecular flexibility index (Phi) is 4.47. The molecule has 1 saturated heterocycles. The van der Waals surface area contributed by atoms with Gasteiger partial charge in [-0.2, -0.15) is 5.10 Å². The smallest absolute Gasteiger partial charge is 0.147 e. The molecule has 0 aromatic carbocycles. The SMILES string of the molecule is CCCc1nn(C)c(NCC2CCOCC2)c1N. The van der Waals surface area contributed by atoms with Gasteiger partial charge in [0.05, 0.1) is 11.4 Å². The number of ether oxygens (including phenoxy) is 1. The van der Waals surface area contributed by atoms with Crippen molar-refractivity contribution in [1.29, 1.82) is 0 Å². The average Bonchev–Trinajstić information content (AvgIpc) is 2.64. The number of nitrogens with zero attached hydrogens (tertiary/aromatic N) is 2. The Morgan fingerprint density at radius 1 is 1.44 bits per heavy atom. The van der Waals surface area contributed by atoms with E-state index in [0.29, 0.717) is 5.92 Å². The van der Waals surface area contributed by atoms with Gasteiger partial charge in [-0.1, -0.05) is 13.3 Å². The van der Waals surface area contributed by atoms with Crippen molar-refractivity contribution < 1.29 is 4.74 Å². The molecular weight excluding hydrogens is 228 g/mol. The van der Waals surface area contributed by atoms with Crippen molar-refractivity contribution in [2.75, 3.05) is 30.8 Å². The van der Waals surface area contributed by atoms with Crippen molar-refractivity contribution in [3.63, 3.8) is 0 Å². The minimum Gasteiger partial charge on any atom is -0.394 e. The van der Waals surface area contributed by atoms with Crippen LogP contribution in [0.5, 0.6) is 0 Å². The van der Waals surface area contributed by atoms with Gasteiger partial charge in [-0.05, 0) is 25.2 Å². The maximum absolute atomic E-state index is 6.14. The fourth-order valence-electron chi connectivity index (χ4n) is 2.42. The lowest BCUT2D eigenvalue weighted by atomic mass is 10.0. The number of hydrogen-bond donors (Lipinski definition) is 2. The van der Waals surface area contributed by atoms with Crippen LogP contribution in [0, 0.1) is 5.92 Å². The summed E-state index contributed by atoms with van der Waals surface area (Å²) in [6.45, 7) is 4.87. The van der Waals surface area contributed by atoms with Crippen LogP contribution in [0.4, 0.5) is 11.5 Å². The predicted octanol–water partition coefficient (Wildman–Crippen LogP) is 1.79. The number of aryl methyl sites for hydroxylation is 2. The molecule has 0 saturated carbocycles. The Bertz CT molecular complexity index is 383. The largest absolute Gasteiger partial charge is 0.394 e. The zero-order chi connectivity index (χ0) is 13.0. The second-order valence-electron chi connectivity index (χ2n) is 5.02. The monoisotopic (exact) mass is 252 g/mol. The molecule has 0 spiro atoms. The first kappa shape index (κ1) is 13.2. The van der Waals surface area contributed by atoms with E-state index in [9.17, 15) is 0 Å². The summed E-state index contributed by atoms with van der Waals surface area (Å²) in [5.41, 5.74) is 7.96. The van der Waals surface area contributed by atoms with Gasteiger partial charge in [0.1, 0.15) is 5.82 Å². The lowest BCUT2D eigenvalue weighted by molar-refractivity contribution is 0.0699. The topological polar surface area (TPSA) is 65.1 Å². The fourth-order valence-corrected chi connectivity index (χ4v) is 2.42. The quantitative estimate of drug-likeness (QED) is 0.838. The molecule has 1 aromatic rings. The summed E-state index contributed by atoms with van der Waals surface area (Å²) in [5, 5.41) is 7.92. The van der Waals surface area contributed by atoms with E-state index in [2.05, 4.69) is 17.3 Å². The number of nitrogens with one attached hydrogen (secondary N) is 1. The minimum atomic E-state index is 0.683. The third-order valence-electron chi connectivity index (χ3n) is 3.55. The standard InChI is InChI=1S/C13H24N4O/c1-3-4-11-12(14)13(17(2)16-11)15-9-10-5-7-18-8-6-10/h10,15H,3-9,14H2,1-2H3. The Balaban J connectivity index is 1.95. The molecule has 3 N–H and O–H groups in total. The molecule has 1 fully saturated rings. The van der Waals surface area contributed by atoms with Crippen molar-refractivity contribution in [3.8, 4) is 0 Å². The summed E-state index contributed by atoms with van der Waals surface area (Å²) >= 11 is 0. The highest BCUT2D eigenvalue weighted by Gasteiger charge is 2.16. The van der Waals surface area contributed by atoms with E-state index in [0.717, 1.165) is 62.6 Å². The molecule has 102 valence electrons. The number of aromatic nitrogens is 2. The molecule has 1 aromatic heterocycles. The van der Waals surface area contributed by atoms with Gasteiger partial charge in [-0.25, -0.2) is 0 Å². The number of nitrogen functional groups attached to an aromatic ring is 1. The zero-order valence-corrected chi connectivity index (χ0v) is 11.4. The molecule has 0 amide bonds. The molecular formula is C13H24N4O. The number of anilines is 2. The van der Waals surface area contributed by atoms with Gasteiger partial charge in [-0.15, -0.1) is 0 Å². The van der Waals surface area contributed by atoms with Gasteiger partial charge >= 0.3 is 0 Å². The molecule has 2 heterocycles. The van der Waals surface area contributed by atoms with Crippen LogP contribution in [0.25, 0.3) is 0 Å². The molecule has 0 atom stereocenters. The van der Waals surface area contributed by atoms with Crippen molar-refractivity contribution in [1.82, 2.24) is 9.78 Å². The number of nitrogens with two attached hydrogens (primary N) is 1. The summed E-state index contributed by atoms with van der Waals surface area (Å²) < 4.78 is 7.23. The lowest BCUT2D eigenvalue weighted by Crippen LogP contribution is -2.23. The van der Waals surface area contributed by atoms with E-state index >= 15 is 0 Å². The van der Waals surface area contributed by atoms with Crippen LogP contribution < -0.4 is 11.1 Å². The highest BCUT2D eigenvalue weighted by molar-refractivity contribution is 5.65. The van der Waals surface area contributed by atoms with Crippen LogP contribution in [-0.2, 0) is 18.2 Å². The Hall–Kier alpha value is -1.23. The molecule has 1 aliphatic heterocycles. The molecule has 5 nitrogen and oxygen atoms in total. The van der Waals surface area contributed by atoms with Crippen LogP contribution in [0.3, 0.4) is 0 Å². The molecule has 0 aliphatic carbocycles. The Morgan fingerprint density at radius 2 is 2.17 bits per heavy atom. The summed E-state index contributed by atoms with van der Waals surface area (Å²) in [5.74, 6) is 1.65. The van der Waals surface area contributed by atoms with Crippen LogP contribution in [0.2, 0.25) is 0 Å². The van der Waals surface area contributed by atoms with Crippen molar-refractivity contribution in [3.05, 3.63) is 5.69 Å². The number of hydrogen-bond acceptors (Lipinski definition) is 4. The van der Waals surface area contributed by atoms with E-state index in [1.165, 1.54) is 0 Å². The highest BCUT2D eigenvalue weighted by Crippen LogP contribution is 2.24. The van der Waals surface area contributed by atoms with E-state index in [4.69, 9.17) is 10.5 Å². The van der Waals surface area contributed by atoms with E-state index in [1.807, 2.05) is 11.7 Å². The minimum absolute atomic E-state index is 0.683. The summed E-state index contributed by atoms with van der Waals surface area (Å²) in [6.07, 6.45) is 4.28. The molecule has 5 heteroatoms. The first-order chi connectivity index (χ1) is 8.72. The summed E-state index contributed by atoms with van der Waals surface area (Å²) in [4.78, 5) is 0. The first-order valence-corrected chi connectivity index (χ1v) is 6.85. The van der Waals surface area contributed by atoms with Crippen LogP contribution in [0.15, 0.2) is 0 Å². The molecule has 0 radical (unpaired) electrons. The van der Waals surface area contributed by atoms with Gasteiger partial charge in [0.2, 0.25) is 0 Å². The van der Waals surface area contributed by atoms with Gasteiger partial charge in [-0.3, -0.25) is 4.68 Å². The van der Waals surface area contributed by atoms with Crippen LogP contribution in [-0.4, -0.2) is 29.5 Å². The maximum atomic E-state index is 6.14. The highest BCUT2D eigenvalue weighted by atomic mass is 16.5. The predicted molar refractivity (Wildman–Crippen MR) is 73.6 cm³/mol. The number of rotatable bonds is 5. The first-order valence-electron chi connectivity index (χ1n) is 6.85.